The molecule has 0 radical (unpaired) electrons. The third-order valence-electron chi connectivity index (χ3n) is 5.27. The molecular weight excluding hydrogens is 411 g/mol. The second-order valence-electron chi connectivity index (χ2n) is 7.73. The number of rotatable bonds is 6. The van der Waals surface area contributed by atoms with Gasteiger partial charge in [-0.3, -0.25) is 4.79 Å². The average molecular weight is 434 g/mol. The third kappa shape index (κ3) is 3.62. The summed E-state index contributed by atoms with van der Waals surface area (Å²) in [5.74, 6) is -0.162. The van der Waals surface area contributed by atoms with E-state index in [1.54, 1.807) is 16.6 Å². The summed E-state index contributed by atoms with van der Waals surface area (Å²) in [6.07, 6.45) is 1.69. The van der Waals surface area contributed by atoms with Crippen LogP contribution in [0, 0.1) is 5.82 Å². The molecule has 4 rings (SSSR count). The maximum Gasteiger partial charge on any atom is 0.255 e. The van der Waals surface area contributed by atoms with Crippen molar-refractivity contribution in [2.45, 2.75) is 26.2 Å². The normalized spacial score (nSPS) is 11.3. The lowest BCUT2D eigenvalue weighted by molar-refractivity contribution is 0.0993. The summed E-state index contributed by atoms with van der Waals surface area (Å²) in [4.78, 5) is 20.5. The number of primary amides is 1. The van der Waals surface area contributed by atoms with Crippen molar-refractivity contribution in [1.29, 1.82) is 0 Å². The van der Waals surface area contributed by atoms with Gasteiger partial charge in [-0.15, -0.1) is 0 Å². The Bertz CT molecular complexity index is 1310. The molecule has 1 amide bonds. The molecule has 32 heavy (non-hydrogen) atoms. The van der Waals surface area contributed by atoms with Crippen LogP contribution in [0.5, 0.6) is 5.75 Å². The van der Waals surface area contributed by atoms with Gasteiger partial charge < -0.3 is 16.2 Å². The number of aromatic nitrogens is 4. The van der Waals surface area contributed by atoms with Gasteiger partial charge in [0.15, 0.2) is 5.82 Å². The van der Waals surface area contributed by atoms with Crippen LogP contribution in [0.25, 0.3) is 16.8 Å². The Balaban J connectivity index is 1.70. The average Bonchev–Trinajstić information content (AvgIpc) is 3.16. The van der Waals surface area contributed by atoms with E-state index in [9.17, 15) is 9.18 Å². The van der Waals surface area contributed by atoms with Crippen LogP contribution in [0.3, 0.4) is 0 Å². The minimum atomic E-state index is -0.871. The molecule has 0 atom stereocenters. The molecule has 0 aliphatic rings. The minimum absolute atomic E-state index is 0.113. The number of carbonyl (C=O) groups excluding carboxylic acids is 1. The monoisotopic (exact) mass is 434 g/mol. The number of fused-ring (bicyclic) bond motifs is 1. The van der Waals surface area contributed by atoms with Crippen LogP contribution in [0.1, 0.15) is 47.1 Å². The number of methoxy groups -OCH3 is 1. The van der Waals surface area contributed by atoms with E-state index in [0.29, 0.717) is 22.6 Å². The first kappa shape index (κ1) is 21.2. The van der Waals surface area contributed by atoms with Gasteiger partial charge in [0.05, 0.1) is 7.11 Å². The van der Waals surface area contributed by atoms with Crippen molar-refractivity contribution in [3.63, 3.8) is 0 Å². The molecule has 2 aromatic carbocycles. The van der Waals surface area contributed by atoms with E-state index in [1.807, 2.05) is 38.1 Å². The Hall–Kier alpha value is -4.01. The number of carbonyl (C=O) groups is 1. The lowest BCUT2D eigenvalue weighted by Gasteiger charge is -2.11. The Morgan fingerprint density at radius 1 is 1.19 bits per heavy atom. The number of benzene rings is 2. The van der Waals surface area contributed by atoms with Crippen LogP contribution in [0.15, 0.2) is 42.7 Å². The second-order valence-corrected chi connectivity index (χ2v) is 7.73. The highest BCUT2D eigenvalue weighted by molar-refractivity contribution is 5.96. The standard InChI is InChI=1S/C23H23FN6O2/c1-12(2)23-29-19(20-21(25)27-11-28-30(20)23)14-6-4-13(5-7-14)10-15-8-9-16(32-3)17(18(15)24)22(26)31/h4-9,11-12H,10H2,1-3H3,(H2,26,31)(H2,25,27,28). The summed E-state index contributed by atoms with van der Waals surface area (Å²) >= 11 is 0. The molecule has 0 spiro atoms. The van der Waals surface area contributed by atoms with Gasteiger partial charge in [-0.1, -0.05) is 44.2 Å². The summed E-state index contributed by atoms with van der Waals surface area (Å²) < 4.78 is 21.6. The summed E-state index contributed by atoms with van der Waals surface area (Å²) in [5.41, 5.74) is 14.6. The largest absolute Gasteiger partial charge is 0.496 e. The van der Waals surface area contributed by atoms with E-state index in [0.717, 1.165) is 17.0 Å². The number of nitrogens with zero attached hydrogens (tertiary/aromatic N) is 4. The summed E-state index contributed by atoms with van der Waals surface area (Å²) in [5, 5.41) is 4.30. The number of ether oxygens (including phenoxy) is 1. The Kier molecular flexibility index (Phi) is 5.48. The molecule has 0 fully saturated rings. The predicted molar refractivity (Wildman–Crippen MR) is 119 cm³/mol. The molecule has 2 heterocycles. The van der Waals surface area contributed by atoms with Crippen molar-refractivity contribution >= 4 is 17.2 Å². The maximum absolute atomic E-state index is 14.9. The summed E-state index contributed by atoms with van der Waals surface area (Å²) in [7, 11) is 1.36. The molecule has 2 aromatic heterocycles. The van der Waals surface area contributed by atoms with Crippen LogP contribution < -0.4 is 16.2 Å². The number of anilines is 1. The molecule has 0 aliphatic carbocycles. The van der Waals surface area contributed by atoms with Crippen molar-refractivity contribution < 1.29 is 13.9 Å². The number of amides is 1. The van der Waals surface area contributed by atoms with Crippen molar-refractivity contribution in [3.8, 4) is 17.0 Å². The molecule has 0 unspecified atom stereocenters. The third-order valence-corrected chi connectivity index (χ3v) is 5.27. The fraction of sp³-hybridized carbons (Fsp3) is 0.217. The highest BCUT2D eigenvalue weighted by atomic mass is 19.1. The van der Waals surface area contributed by atoms with Crippen LogP contribution >= 0.6 is 0 Å². The van der Waals surface area contributed by atoms with Gasteiger partial charge >= 0.3 is 0 Å². The van der Waals surface area contributed by atoms with E-state index in [1.165, 1.54) is 13.4 Å². The number of halogens is 1. The van der Waals surface area contributed by atoms with Crippen molar-refractivity contribution in [2.75, 3.05) is 12.8 Å². The number of nitrogens with two attached hydrogens (primary N) is 2. The van der Waals surface area contributed by atoms with E-state index in [-0.39, 0.29) is 23.7 Å². The zero-order chi connectivity index (χ0) is 23.0. The first-order valence-electron chi connectivity index (χ1n) is 10.0. The summed E-state index contributed by atoms with van der Waals surface area (Å²) in [6, 6.07) is 10.7. The molecule has 8 nitrogen and oxygen atoms in total. The molecule has 0 bridgehead atoms. The van der Waals surface area contributed by atoms with E-state index in [4.69, 9.17) is 21.2 Å². The van der Waals surface area contributed by atoms with E-state index < -0.39 is 11.7 Å². The van der Waals surface area contributed by atoms with Crippen LogP contribution in [-0.2, 0) is 6.42 Å². The molecule has 0 saturated carbocycles. The van der Waals surface area contributed by atoms with Crippen LogP contribution in [0.4, 0.5) is 10.2 Å². The molecular formula is C23H23FN6O2. The van der Waals surface area contributed by atoms with E-state index >= 15 is 0 Å². The van der Waals surface area contributed by atoms with Crippen molar-refractivity contribution in [3.05, 3.63) is 71.1 Å². The molecule has 4 aromatic rings. The first-order chi connectivity index (χ1) is 15.3. The first-order valence-corrected chi connectivity index (χ1v) is 10.0. The fourth-order valence-corrected chi connectivity index (χ4v) is 3.69. The zero-order valence-corrected chi connectivity index (χ0v) is 18.0. The Morgan fingerprint density at radius 2 is 1.91 bits per heavy atom. The number of imidazole rings is 1. The SMILES string of the molecule is COc1ccc(Cc2ccc(-c3nc(C(C)C)n4ncnc(N)c34)cc2)c(F)c1C(N)=O. The molecule has 164 valence electrons. The quantitative estimate of drug-likeness (QED) is 0.480. The van der Waals surface area contributed by atoms with Gasteiger partial charge in [-0.25, -0.2) is 18.9 Å². The van der Waals surface area contributed by atoms with Gasteiger partial charge in [0, 0.05) is 17.9 Å². The second kappa shape index (κ2) is 8.26. The lowest BCUT2D eigenvalue weighted by atomic mass is 9.99. The van der Waals surface area contributed by atoms with Crippen LogP contribution in [0.2, 0.25) is 0 Å². The van der Waals surface area contributed by atoms with Gasteiger partial charge in [-0.2, -0.15) is 5.10 Å². The molecule has 0 saturated heterocycles. The zero-order valence-electron chi connectivity index (χ0n) is 18.0. The number of hydrogen-bond acceptors (Lipinski definition) is 6. The van der Waals surface area contributed by atoms with E-state index in [2.05, 4.69) is 10.1 Å². The molecule has 9 heteroatoms. The number of hydrogen-bond donors (Lipinski definition) is 2. The highest BCUT2D eigenvalue weighted by Gasteiger charge is 2.20. The van der Waals surface area contributed by atoms with Gasteiger partial charge in [0.2, 0.25) is 0 Å². The number of nitrogen functional groups attached to an aromatic ring is 1. The molecule has 0 aliphatic heterocycles. The van der Waals surface area contributed by atoms with Crippen molar-refractivity contribution in [1.82, 2.24) is 19.6 Å². The van der Waals surface area contributed by atoms with Gasteiger partial charge in [0.1, 0.15) is 40.5 Å². The minimum Gasteiger partial charge on any atom is -0.496 e. The smallest absolute Gasteiger partial charge is 0.255 e. The Labute approximate surface area is 184 Å². The van der Waals surface area contributed by atoms with Gasteiger partial charge in [0.25, 0.3) is 5.91 Å². The van der Waals surface area contributed by atoms with Crippen LogP contribution in [-0.4, -0.2) is 32.6 Å². The maximum atomic E-state index is 14.9. The predicted octanol–water partition coefficient (Wildman–Crippen LogP) is 3.33. The Morgan fingerprint density at radius 3 is 2.53 bits per heavy atom. The lowest BCUT2D eigenvalue weighted by Crippen LogP contribution is -2.16. The van der Waals surface area contributed by atoms with Crippen molar-refractivity contribution in [2.24, 2.45) is 5.73 Å². The highest BCUT2D eigenvalue weighted by Crippen LogP contribution is 2.31. The fourth-order valence-electron chi connectivity index (χ4n) is 3.69. The van der Waals surface area contributed by atoms with Gasteiger partial charge in [-0.05, 0) is 17.2 Å². The molecule has 4 N–H and O–H groups in total. The topological polar surface area (TPSA) is 121 Å². The summed E-state index contributed by atoms with van der Waals surface area (Å²) in [6.45, 7) is 4.06.